The van der Waals surface area contributed by atoms with Gasteiger partial charge < -0.3 is 9.72 Å². The number of H-pyrrole nitrogens is 1. The first kappa shape index (κ1) is 11.3. The molecule has 3 nitrogen and oxygen atoms in total. The van der Waals surface area contributed by atoms with E-state index >= 15 is 0 Å². The minimum absolute atomic E-state index is 0.315. The number of hydrogen-bond acceptors (Lipinski definition) is 2. The van der Waals surface area contributed by atoms with E-state index < -0.39 is 0 Å². The summed E-state index contributed by atoms with van der Waals surface area (Å²) in [6.07, 6.45) is 3.86. The van der Waals surface area contributed by atoms with E-state index in [0.717, 1.165) is 25.4 Å². The number of imidazole rings is 1. The second-order valence-corrected chi connectivity index (χ2v) is 5.90. The molecule has 1 aromatic heterocycles. The van der Waals surface area contributed by atoms with Gasteiger partial charge in [0.05, 0.1) is 11.8 Å². The summed E-state index contributed by atoms with van der Waals surface area (Å²) < 4.78 is 5.64. The Balaban J connectivity index is 1.91. The smallest absolute Gasteiger partial charge is 0.112 e. The van der Waals surface area contributed by atoms with Crippen molar-refractivity contribution in [2.45, 2.75) is 58.0 Å². The number of aromatic amines is 1. The maximum atomic E-state index is 5.64. The van der Waals surface area contributed by atoms with Crippen molar-refractivity contribution in [3.63, 3.8) is 0 Å². The predicted octanol–water partition coefficient (Wildman–Crippen LogP) is 2.99. The highest BCUT2D eigenvalue weighted by molar-refractivity contribution is 5.24. The number of nitrogens with one attached hydrogen (secondary N) is 1. The Labute approximate surface area is 103 Å². The summed E-state index contributed by atoms with van der Waals surface area (Å²) in [4.78, 5) is 8.44. The Kier molecular flexibility index (Phi) is 2.74. The summed E-state index contributed by atoms with van der Waals surface area (Å²) >= 11 is 0. The van der Waals surface area contributed by atoms with Gasteiger partial charge in [-0.15, -0.1) is 0 Å². The van der Waals surface area contributed by atoms with E-state index in [9.17, 15) is 0 Å². The number of aromatic nitrogens is 2. The molecular weight excluding hydrogens is 212 g/mol. The second kappa shape index (κ2) is 4.13. The van der Waals surface area contributed by atoms with Gasteiger partial charge in [-0.05, 0) is 32.1 Å². The van der Waals surface area contributed by atoms with Crippen LogP contribution in [0.2, 0.25) is 0 Å². The lowest BCUT2D eigenvalue weighted by atomic mass is 9.84. The van der Waals surface area contributed by atoms with Crippen LogP contribution < -0.4 is 0 Å². The molecule has 1 aliphatic carbocycles. The normalized spacial score (nSPS) is 37.1. The fraction of sp³-hybridized carbons (Fsp3) is 0.786. The van der Waals surface area contributed by atoms with Crippen molar-refractivity contribution < 1.29 is 4.74 Å². The standard InChI is InChI=1S/C14H22N2O/c1-8-6-9(2)13-12(7-8)15-14(16-13)11-4-5-17-10(11)3/h8-11H,4-7H2,1-3H3,(H,15,16). The first-order valence-electron chi connectivity index (χ1n) is 6.85. The van der Waals surface area contributed by atoms with Crippen molar-refractivity contribution in [3.8, 4) is 0 Å². The predicted molar refractivity (Wildman–Crippen MR) is 67.3 cm³/mol. The van der Waals surface area contributed by atoms with Gasteiger partial charge in [-0.3, -0.25) is 0 Å². The highest BCUT2D eigenvalue weighted by atomic mass is 16.5. The number of hydrogen-bond donors (Lipinski definition) is 1. The molecule has 3 rings (SSSR count). The van der Waals surface area contributed by atoms with Crippen molar-refractivity contribution in [1.82, 2.24) is 9.97 Å². The number of nitrogens with zero attached hydrogens (tertiary/aromatic N) is 1. The van der Waals surface area contributed by atoms with Gasteiger partial charge in [0.1, 0.15) is 5.82 Å². The summed E-state index contributed by atoms with van der Waals surface area (Å²) in [7, 11) is 0. The average Bonchev–Trinajstić information content (AvgIpc) is 2.83. The molecule has 2 heterocycles. The Hall–Kier alpha value is -0.830. The van der Waals surface area contributed by atoms with Crippen LogP contribution >= 0.6 is 0 Å². The van der Waals surface area contributed by atoms with E-state index in [4.69, 9.17) is 9.72 Å². The van der Waals surface area contributed by atoms with Crippen molar-refractivity contribution in [3.05, 3.63) is 17.2 Å². The zero-order valence-electron chi connectivity index (χ0n) is 11.0. The third kappa shape index (κ3) is 1.90. The fourth-order valence-electron chi connectivity index (χ4n) is 3.42. The summed E-state index contributed by atoms with van der Waals surface area (Å²) in [5, 5.41) is 0. The zero-order valence-corrected chi connectivity index (χ0v) is 11.0. The Morgan fingerprint density at radius 3 is 2.82 bits per heavy atom. The molecule has 0 aromatic carbocycles. The molecule has 17 heavy (non-hydrogen) atoms. The van der Waals surface area contributed by atoms with Gasteiger partial charge in [0.2, 0.25) is 0 Å². The molecule has 0 radical (unpaired) electrons. The topological polar surface area (TPSA) is 37.9 Å². The van der Waals surface area contributed by atoms with E-state index in [1.54, 1.807) is 0 Å². The molecule has 0 spiro atoms. The lowest BCUT2D eigenvalue weighted by Crippen LogP contribution is -2.14. The van der Waals surface area contributed by atoms with E-state index in [1.807, 2.05) is 0 Å². The van der Waals surface area contributed by atoms with E-state index in [1.165, 1.54) is 23.6 Å². The molecule has 4 unspecified atom stereocenters. The van der Waals surface area contributed by atoms with Crippen molar-refractivity contribution in [2.24, 2.45) is 5.92 Å². The van der Waals surface area contributed by atoms with Gasteiger partial charge in [0.15, 0.2) is 0 Å². The summed E-state index contributed by atoms with van der Waals surface area (Å²) in [6, 6.07) is 0. The van der Waals surface area contributed by atoms with Gasteiger partial charge in [0.25, 0.3) is 0 Å². The van der Waals surface area contributed by atoms with Gasteiger partial charge in [-0.1, -0.05) is 13.8 Å². The minimum atomic E-state index is 0.315. The van der Waals surface area contributed by atoms with Crippen LogP contribution in [-0.2, 0) is 11.2 Å². The van der Waals surface area contributed by atoms with E-state index in [0.29, 0.717) is 17.9 Å². The van der Waals surface area contributed by atoms with E-state index in [-0.39, 0.29) is 0 Å². The Morgan fingerprint density at radius 2 is 2.12 bits per heavy atom. The molecule has 1 N–H and O–H groups in total. The zero-order chi connectivity index (χ0) is 12.0. The van der Waals surface area contributed by atoms with Crippen molar-refractivity contribution in [1.29, 1.82) is 0 Å². The van der Waals surface area contributed by atoms with Crippen LogP contribution in [0.15, 0.2) is 0 Å². The average molecular weight is 234 g/mol. The molecule has 4 atom stereocenters. The number of rotatable bonds is 1. The first-order chi connectivity index (χ1) is 8.15. The first-order valence-corrected chi connectivity index (χ1v) is 6.85. The lowest BCUT2D eigenvalue weighted by Gasteiger charge is -2.22. The van der Waals surface area contributed by atoms with Crippen LogP contribution in [0.4, 0.5) is 0 Å². The molecule has 1 fully saturated rings. The summed E-state index contributed by atoms with van der Waals surface area (Å²) in [5.74, 6) is 3.03. The Morgan fingerprint density at radius 1 is 1.29 bits per heavy atom. The van der Waals surface area contributed by atoms with Crippen LogP contribution in [0.25, 0.3) is 0 Å². The number of ether oxygens (including phenoxy) is 1. The largest absolute Gasteiger partial charge is 0.378 e. The third-order valence-electron chi connectivity index (χ3n) is 4.33. The van der Waals surface area contributed by atoms with Gasteiger partial charge in [0, 0.05) is 24.1 Å². The van der Waals surface area contributed by atoms with Crippen molar-refractivity contribution >= 4 is 0 Å². The van der Waals surface area contributed by atoms with Gasteiger partial charge in [-0.25, -0.2) is 4.98 Å². The molecule has 0 saturated carbocycles. The fourth-order valence-corrected chi connectivity index (χ4v) is 3.42. The molecule has 94 valence electrons. The maximum Gasteiger partial charge on any atom is 0.112 e. The van der Waals surface area contributed by atoms with Crippen molar-refractivity contribution in [2.75, 3.05) is 6.61 Å². The molecule has 1 aliphatic heterocycles. The molecule has 1 aromatic rings. The van der Waals surface area contributed by atoms with Crippen LogP contribution in [-0.4, -0.2) is 22.7 Å². The van der Waals surface area contributed by atoms with Gasteiger partial charge >= 0.3 is 0 Å². The third-order valence-corrected chi connectivity index (χ3v) is 4.33. The van der Waals surface area contributed by atoms with Crippen LogP contribution in [0.1, 0.15) is 62.7 Å². The van der Waals surface area contributed by atoms with E-state index in [2.05, 4.69) is 25.8 Å². The van der Waals surface area contributed by atoms with Gasteiger partial charge in [-0.2, -0.15) is 0 Å². The minimum Gasteiger partial charge on any atom is -0.378 e. The number of fused-ring (bicyclic) bond motifs is 1. The molecule has 0 amide bonds. The molecule has 3 heteroatoms. The summed E-state index contributed by atoms with van der Waals surface area (Å²) in [5.41, 5.74) is 2.70. The van der Waals surface area contributed by atoms with Crippen LogP contribution in [0.3, 0.4) is 0 Å². The molecular formula is C14H22N2O. The maximum absolute atomic E-state index is 5.64. The SMILES string of the molecule is CC1Cc2[nH]c(C3CCOC3C)nc2C(C)C1. The second-order valence-electron chi connectivity index (χ2n) is 5.90. The summed E-state index contributed by atoms with van der Waals surface area (Å²) in [6.45, 7) is 7.67. The molecule has 1 saturated heterocycles. The quantitative estimate of drug-likeness (QED) is 0.811. The Bertz CT molecular complexity index is 412. The monoisotopic (exact) mass is 234 g/mol. The molecule has 0 bridgehead atoms. The highest BCUT2D eigenvalue weighted by Crippen LogP contribution is 2.36. The lowest BCUT2D eigenvalue weighted by molar-refractivity contribution is 0.117. The van der Waals surface area contributed by atoms with Crippen LogP contribution in [0, 0.1) is 5.92 Å². The highest BCUT2D eigenvalue weighted by Gasteiger charge is 2.32. The molecule has 2 aliphatic rings. The van der Waals surface area contributed by atoms with Crippen LogP contribution in [0.5, 0.6) is 0 Å².